The molecule has 2 heterocycles. The molecule has 1 N–H and O–H groups in total. The van der Waals surface area contributed by atoms with Gasteiger partial charge in [-0.3, -0.25) is 9.69 Å². The molecule has 2 fully saturated rings. The Hall–Kier alpha value is -1.59. The van der Waals surface area contributed by atoms with Crippen LogP contribution in [0.3, 0.4) is 0 Å². The minimum Gasteiger partial charge on any atom is -0.481 e. The number of likely N-dealkylation sites (tertiary alicyclic amines) is 1. The van der Waals surface area contributed by atoms with Crippen molar-refractivity contribution in [3.63, 3.8) is 0 Å². The average Bonchev–Trinajstić information content (AvgIpc) is 2.56. The van der Waals surface area contributed by atoms with Gasteiger partial charge in [-0.05, 0) is 37.1 Å². The first-order valence-electron chi connectivity index (χ1n) is 8.09. The van der Waals surface area contributed by atoms with Gasteiger partial charge in [0.1, 0.15) is 0 Å². The van der Waals surface area contributed by atoms with Crippen molar-refractivity contribution < 1.29 is 14.6 Å². The molecule has 0 aromatic heterocycles. The number of carbonyl (C=O) groups is 1. The molecule has 2 saturated heterocycles. The maximum Gasteiger partial charge on any atom is 0.307 e. The summed E-state index contributed by atoms with van der Waals surface area (Å²) in [7, 11) is 0. The minimum absolute atomic E-state index is 0.212. The molecule has 0 aliphatic carbocycles. The Bertz CT molecular complexity index is 514. The number of ether oxygens (including phenoxy) is 1. The third-order valence-electron chi connectivity index (χ3n) is 4.55. The van der Waals surface area contributed by atoms with E-state index in [2.05, 4.69) is 34.1 Å². The predicted molar refractivity (Wildman–Crippen MR) is 85.1 cm³/mol. The number of aliphatic carboxylic acids is 1. The van der Waals surface area contributed by atoms with Crippen molar-refractivity contribution in [2.75, 3.05) is 44.3 Å². The maximum atomic E-state index is 11.2. The fraction of sp³-hybridized carbons (Fsp3) is 0.588. The van der Waals surface area contributed by atoms with E-state index in [1.165, 1.54) is 11.3 Å². The lowest BCUT2D eigenvalue weighted by atomic mass is 9.98. The summed E-state index contributed by atoms with van der Waals surface area (Å²) in [6.45, 7) is 5.94. The summed E-state index contributed by atoms with van der Waals surface area (Å²) in [5.41, 5.74) is 2.50. The molecule has 1 aromatic rings. The standard InChI is InChI=1S/C17H24N2O3/c20-17(21)15-4-2-6-18(13-15)12-14-3-1-5-16(11-14)19-7-9-22-10-8-19/h1,3,5,11,15H,2,4,6-10,12-13H2,(H,20,21). The van der Waals surface area contributed by atoms with Crippen LogP contribution >= 0.6 is 0 Å². The molecule has 0 amide bonds. The van der Waals surface area contributed by atoms with Crippen LogP contribution in [0.4, 0.5) is 5.69 Å². The first-order chi connectivity index (χ1) is 10.7. The zero-order valence-corrected chi connectivity index (χ0v) is 12.9. The largest absolute Gasteiger partial charge is 0.481 e. The van der Waals surface area contributed by atoms with Crippen LogP contribution in [0.15, 0.2) is 24.3 Å². The lowest BCUT2D eigenvalue weighted by Crippen LogP contribution is -2.38. The Morgan fingerprint density at radius 3 is 2.86 bits per heavy atom. The van der Waals surface area contributed by atoms with Crippen LogP contribution in [-0.4, -0.2) is 55.4 Å². The first-order valence-corrected chi connectivity index (χ1v) is 8.09. The summed E-state index contributed by atoms with van der Waals surface area (Å²) in [6.07, 6.45) is 1.78. The highest BCUT2D eigenvalue weighted by Crippen LogP contribution is 2.22. The number of carboxylic acids is 1. The van der Waals surface area contributed by atoms with E-state index in [0.717, 1.165) is 52.2 Å². The lowest BCUT2D eigenvalue weighted by Gasteiger charge is -2.32. The molecule has 0 saturated carbocycles. The smallest absolute Gasteiger partial charge is 0.307 e. The van der Waals surface area contributed by atoms with E-state index in [0.29, 0.717) is 6.54 Å². The Kier molecular flexibility index (Phi) is 4.95. The van der Waals surface area contributed by atoms with Gasteiger partial charge in [0.2, 0.25) is 0 Å². The summed E-state index contributed by atoms with van der Waals surface area (Å²) in [4.78, 5) is 15.8. The predicted octanol–water partition coefficient (Wildman–Crippen LogP) is 1.82. The number of anilines is 1. The normalized spacial score (nSPS) is 23.5. The molecule has 120 valence electrons. The fourth-order valence-electron chi connectivity index (χ4n) is 3.33. The average molecular weight is 304 g/mol. The van der Waals surface area contributed by atoms with E-state index < -0.39 is 5.97 Å². The second-order valence-corrected chi connectivity index (χ2v) is 6.18. The molecule has 22 heavy (non-hydrogen) atoms. The van der Waals surface area contributed by atoms with Crippen molar-refractivity contribution in [3.8, 4) is 0 Å². The van der Waals surface area contributed by atoms with Crippen molar-refractivity contribution >= 4 is 11.7 Å². The molecule has 3 rings (SSSR count). The molecule has 5 nitrogen and oxygen atoms in total. The monoisotopic (exact) mass is 304 g/mol. The quantitative estimate of drug-likeness (QED) is 0.919. The Labute approximate surface area is 131 Å². The van der Waals surface area contributed by atoms with Gasteiger partial charge in [0.25, 0.3) is 0 Å². The van der Waals surface area contributed by atoms with E-state index in [-0.39, 0.29) is 5.92 Å². The number of hydrogen-bond donors (Lipinski definition) is 1. The van der Waals surface area contributed by atoms with E-state index in [4.69, 9.17) is 4.74 Å². The molecular weight excluding hydrogens is 280 g/mol. The van der Waals surface area contributed by atoms with Crippen LogP contribution in [-0.2, 0) is 16.1 Å². The van der Waals surface area contributed by atoms with Gasteiger partial charge in [0, 0.05) is 31.9 Å². The SMILES string of the molecule is O=C(O)C1CCCN(Cc2cccc(N3CCOCC3)c2)C1. The first kappa shape index (κ1) is 15.3. The Morgan fingerprint density at radius 2 is 2.09 bits per heavy atom. The van der Waals surface area contributed by atoms with Gasteiger partial charge < -0.3 is 14.7 Å². The van der Waals surface area contributed by atoms with Gasteiger partial charge in [0.05, 0.1) is 19.1 Å². The minimum atomic E-state index is -0.660. The molecule has 1 aromatic carbocycles. The van der Waals surface area contributed by atoms with Crippen LogP contribution in [0.5, 0.6) is 0 Å². The van der Waals surface area contributed by atoms with Gasteiger partial charge in [-0.15, -0.1) is 0 Å². The second-order valence-electron chi connectivity index (χ2n) is 6.18. The Balaban J connectivity index is 1.63. The van der Waals surface area contributed by atoms with Crippen molar-refractivity contribution in [2.45, 2.75) is 19.4 Å². The highest BCUT2D eigenvalue weighted by Gasteiger charge is 2.25. The van der Waals surface area contributed by atoms with Gasteiger partial charge in [-0.1, -0.05) is 12.1 Å². The highest BCUT2D eigenvalue weighted by atomic mass is 16.5. The molecular formula is C17H24N2O3. The number of rotatable bonds is 4. The molecule has 1 atom stereocenters. The summed E-state index contributed by atoms with van der Waals surface area (Å²) in [5.74, 6) is -0.872. The van der Waals surface area contributed by atoms with Crippen LogP contribution in [0, 0.1) is 5.92 Å². The summed E-state index contributed by atoms with van der Waals surface area (Å²) in [6, 6.07) is 8.61. The summed E-state index contributed by atoms with van der Waals surface area (Å²) < 4.78 is 5.40. The van der Waals surface area contributed by atoms with Gasteiger partial charge in [0.15, 0.2) is 0 Å². The molecule has 0 radical (unpaired) electrons. The molecule has 5 heteroatoms. The zero-order valence-electron chi connectivity index (χ0n) is 12.9. The summed E-state index contributed by atoms with van der Waals surface area (Å²) >= 11 is 0. The van der Waals surface area contributed by atoms with Crippen molar-refractivity contribution in [1.82, 2.24) is 4.90 Å². The maximum absolute atomic E-state index is 11.2. The topological polar surface area (TPSA) is 53.0 Å². The van der Waals surface area contributed by atoms with Crippen LogP contribution in [0.2, 0.25) is 0 Å². The van der Waals surface area contributed by atoms with Crippen LogP contribution in [0.25, 0.3) is 0 Å². The lowest BCUT2D eigenvalue weighted by molar-refractivity contribution is -0.143. The van der Waals surface area contributed by atoms with E-state index in [1.54, 1.807) is 0 Å². The van der Waals surface area contributed by atoms with E-state index in [9.17, 15) is 9.90 Å². The summed E-state index contributed by atoms with van der Waals surface area (Å²) in [5, 5.41) is 9.19. The number of piperidine rings is 1. The molecule has 0 bridgehead atoms. The van der Waals surface area contributed by atoms with Crippen molar-refractivity contribution in [2.24, 2.45) is 5.92 Å². The van der Waals surface area contributed by atoms with Crippen LogP contribution < -0.4 is 4.90 Å². The Morgan fingerprint density at radius 1 is 1.27 bits per heavy atom. The second kappa shape index (κ2) is 7.11. The molecule has 2 aliphatic rings. The highest BCUT2D eigenvalue weighted by molar-refractivity contribution is 5.70. The van der Waals surface area contributed by atoms with Gasteiger partial charge in [-0.2, -0.15) is 0 Å². The third-order valence-corrected chi connectivity index (χ3v) is 4.55. The van der Waals surface area contributed by atoms with Crippen LogP contribution in [0.1, 0.15) is 18.4 Å². The number of morpholine rings is 1. The molecule has 1 unspecified atom stereocenters. The molecule has 0 spiro atoms. The van der Waals surface area contributed by atoms with Gasteiger partial charge >= 0.3 is 5.97 Å². The number of benzene rings is 1. The fourth-order valence-corrected chi connectivity index (χ4v) is 3.33. The number of nitrogens with zero attached hydrogens (tertiary/aromatic N) is 2. The van der Waals surface area contributed by atoms with Crippen molar-refractivity contribution in [1.29, 1.82) is 0 Å². The third kappa shape index (κ3) is 3.78. The number of carboxylic acid groups (broad SMARTS) is 1. The van der Waals surface area contributed by atoms with E-state index in [1.807, 2.05) is 0 Å². The molecule has 2 aliphatic heterocycles. The number of hydrogen-bond acceptors (Lipinski definition) is 4. The zero-order chi connectivity index (χ0) is 15.4. The van der Waals surface area contributed by atoms with Crippen molar-refractivity contribution in [3.05, 3.63) is 29.8 Å². The van der Waals surface area contributed by atoms with Gasteiger partial charge in [-0.25, -0.2) is 0 Å². The van der Waals surface area contributed by atoms with E-state index >= 15 is 0 Å².